The summed E-state index contributed by atoms with van der Waals surface area (Å²) in [6.45, 7) is 9.44. The first-order chi connectivity index (χ1) is 11.2. The number of hydrogen-bond acceptors (Lipinski definition) is 5. The fourth-order valence-electron chi connectivity index (χ4n) is 2.52. The van der Waals surface area contributed by atoms with E-state index in [4.69, 9.17) is 14.5 Å². The summed E-state index contributed by atoms with van der Waals surface area (Å²) in [5.74, 6) is 0.749. The Bertz CT molecular complexity index is 721. The average Bonchev–Trinajstić information content (AvgIpc) is 2.51. The molecule has 0 saturated heterocycles. The number of benzene rings is 1. The van der Waals surface area contributed by atoms with Gasteiger partial charge in [0.1, 0.15) is 0 Å². The minimum absolute atomic E-state index is 0.231. The number of aromatic nitrogens is 2. The molecular formula is C19H24N2O3. The molecule has 1 aromatic carbocycles. The van der Waals surface area contributed by atoms with Crippen molar-refractivity contribution < 1.29 is 14.3 Å². The summed E-state index contributed by atoms with van der Waals surface area (Å²) in [7, 11) is 1.61. The number of ether oxygens (including phenoxy) is 2. The molecule has 0 aliphatic carbocycles. The Labute approximate surface area is 143 Å². The van der Waals surface area contributed by atoms with Crippen molar-refractivity contribution in [1.82, 2.24) is 9.97 Å². The smallest absolute Gasteiger partial charge is 0.303 e. The average molecular weight is 328 g/mol. The van der Waals surface area contributed by atoms with Crippen molar-refractivity contribution >= 4 is 5.97 Å². The number of hydrogen-bond donors (Lipinski definition) is 0. The predicted octanol–water partition coefficient (Wildman–Crippen LogP) is 3.74. The zero-order valence-electron chi connectivity index (χ0n) is 15.1. The third kappa shape index (κ3) is 3.91. The van der Waals surface area contributed by atoms with E-state index in [1.54, 1.807) is 7.11 Å². The highest BCUT2D eigenvalue weighted by molar-refractivity contribution is 5.66. The molecule has 5 heteroatoms. The highest BCUT2D eigenvalue weighted by atomic mass is 16.5. The summed E-state index contributed by atoms with van der Waals surface area (Å²) in [5.41, 5.74) is 2.11. The second kappa shape index (κ2) is 6.99. The monoisotopic (exact) mass is 328 g/mol. The predicted molar refractivity (Wildman–Crippen MR) is 92.1 cm³/mol. The molecule has 0 aliphatic heterocycles. The van der Waals surface area contributed by atoms with Crippen LogP contribution in [0.5, 0.6) is 5.75 Å². The molecule has 0 saturated carbocycles. The van der Waals surface area contributed by atoms with Gasteiger partial charge in [0.2, 0.25) is 0 Å². The Balaban J connectivity index is 2.62. The fraction of sp³-hybridized carbons (Fsp3) is 0.421. The van der Waals surface area contributed by atoms with Crippen LogP contribution in [0.15, 0.2) is 30.3 Å². The molecule has 1 atom stereocenters. The largest absolute Gasteiger partial charge is 0.493 e. The van der Waals surface area contributed by atoms with Gasteiger partial charge in [-0.1, -0.05) is 51.1 Å². The maximum absolute atomic E-state index is 11.6. The zero-order valence-corrected chi connectivity index (χ0v) is 15.1. The SMILES string of the molecule is COc1c(C)nc(C(OC(C)=O)c2ccccc2)nc1C(C)(C)C. The maximum atomic E-state index is 11.6. The molecule has 1 heterocycles. The number of carbonyl (C=O) groups is 1. The molecule has 0 bridgehead atoms. The zero-order chi connectivity index (χ0) is 17.9. The lowest BCUT2D eigenvalue weighted by Gasteiger charge is -2.24. The highest BCUT2D eigenvalue weighted by Crippen LogP contribution is 2.34. The van der Waals surface area contributed by atoms with Crippen LogP contribution in [-0.4, -0.2) is 23.0 Å². The van der Waals surface area contributed by atoms with E-state index >= 15 is 0 Å². The van der Waals surface area contributed by atoms with Crippen molar-refractivity contribution in [3.05, 3.63) is 53.1 Å². The van der Waals surface area contributed by atoms with Gasteiger partial charge in [0, 0.05) is 17.9 Å². The lowest BCUT2D eigenvalue weighted by Crippen LogP contribution is -2.21. The van der Waals surface area contributed by atoms with Crippen molar-refractivity contribution in [1.29, 1.82) is 0 Å². The molecule has 1 aromatic heterocycles. The van der Waals surface area contributed by atoms with E-state index in [1.165, 1.54) is 6.92 Å². The number of methoxy groups -OCH3 is 1. The minimum Gasteiger partial charge on any atom is -0.493 e. The lowest BCUT2D eigenvalue weighted by molar-refractivity contribution is -0.145. The summed E-state index contributed by atoms with van der Waals surface area (Å²) in [4.78, 5) is 20.8. The number of nitrogens with zero attached hydrogens (tertiary/aromatic N) is 2. The third-order valence-corrected chi connectivity index (χ3v) is 3.59. The normalized spacial score (nSPS) is 12.6. The Morgan fingerprint density at radius 1 is 1.12 bits per heavy atom. The van der Waals surface area contributed by atoms with Gasteiger partial charge in [-0.3, -0.25) is 4.79 Å². The number of esters is 1. The van der Waals surface area contributed by atoms with Gasteiger partial charge in [0.05, 0.1) is 18.5 Å². The van der Waals surface area contributed by atoms with Gasteiger partial charge in [-0.2, -0.15) is 0 Å². The number of carbonyl (C=O) groups excluding carboxylic acids is 1. The summed E-state index contributed by atoms with van der Waals surface area (Å²) >= 11 is 0. The van der Waals surface area contributed by atoms with Crippen LogP contribution in [0.2, 0.25) is 0 Å². The molecule has 0 aliphatic rings. The molecule has 1 unspecified atom stereocenters. The standard InChI is InChI=1S/C19H24N2O3/c1-12-15(23-6)17(19(3,4)5)21-18(20-12)16(24-13(2)22)14-10-8-7-9-11-14/h7-11,16H,1-6H3. The summed E-state index contributed by atoms with van der Waals surface area (Å²) in [6.07, 6.45) is -0.644. The Hall–Kier alpha value is -2.43. The van der Waals surface area contributed by atoms with Crippen LogP contribution in [0.25, 0.3) is 0 Å². The molecular weight excluding hydrogens is 304 g/mol. The van der Waals surface area contributed by atoms with Gasteiger partial charge in [0.15, 0.2) is 17.7 Å². The molecule has 0 N–H and O–H groups in total. The molecule has 0 fully saturated rings. The molecule has 0 spiro atoms. The van der Waals surface area contributed by atoms with Crippen LogP contribution < -0.4 is 4.74 Å². The fourth-order valence-corrected chi connectivity index (χ4v) is 2.52. The van der Waals surface area contributed by atoms with Crippen molar-refractivity contribution in [2.75, 3.05) is 7.11 Å². The molecule has 24 heavy (non-hydrogen) atoms. The van der Waals surface area contributed by atoms with E-state index in [9.17, 15) is 4.79 Å². The van der Waals surface area contributed by atoms with Crippen molar-refractivity contribution in [2.45, 2.75) is 46.1 Å². The minimum atomic E-state index is -0.644. The lowest BCUT2D eigenvalue weighted by atomic mass is 9.90. The molecule has 5 nitrogen and oxygen atoms in total. The number of rotatable bonds is 4. The summed E-state index contributed by atoms with van der Waals surface area (Å²) < 4.78 is 11.0. The van der Waals surface area contributed by atoms with Crippen molar-refractivity contribution in [3.63, 3.8) is 0 Å². The van der Waals surface area contributed by atoms with Gasteiger partial charge < -0.3 is 9.47 Å². The van der Waals surface area contributed by atoms with Gasteiger partial charge in [-0.05, 0) is 6.92 Å². The molecule has 2 rings (SSSR count). The summed E-state index contributed by atoms with van der Waals surface area (Å²) in [6, 6.07) is 9.50. The first kappa shape index (κ1) is 17.9. The van der Waals surface area contributed by atoms with Gasteiger partial charge >= 0.3 is 5.97 Å². The van der Waals surface area contributed by atoms with Crippen LogP contribution in [0.3, 0.4) is 0 Å². The molecule has 2 aromatic rings. The Kier molecular flexibility index (Phi) is 5.22. The van der Waals surface area contributed by atoms with Crippen LogP contribution >= 0.6 is 0 Å². The van der Waals surface area contributed by atoms with Crippen molar-refractivity contribution in [3.8, 4) is 5.75 Å². The van der Waals surface area contributed by atoms with E-state index in [1.807, 2.05) is 37.3 Å². The second-order valence-electron chi connectivity index (χ2n) is 6.70. The topological polar surface area (TPSA) is 61.3 Å². The molecule has 0 radical (unpaired) electrons. The van der Waals surface area contributed by atoms with E-state index in [0.29, 0.717) is 11.6 Å². The van der Waals surface area contributed by atoms with Crippen molar-refractivity contribution in [2.24, 2.45) is 0 Å². The van der Waals surface area contributed by atoms with Crippen LogP contribution in [0.4, 0.5) is 0 Å². The molecule has 0 amide bonds. The second-order valence-corrected chi connectivity index (χ2v) is 6.70. The van der Waals surface area contributed by atoms with Gasteiger partial charge in [-0.25, -0.2) is 9.97 Å². The molecule has 128 valence electrons. The van der Waals surface area contributed by atoms with Gasteiger partial charge in [0.25, 0.3) is 0 Å². The Morgan fingerprint density at radius 2 is 1.75 bits per heavy atom. The van der Waals surface area contributed by atoms with E-state index in [-0.39, 0.29) is 11.4 Å². The first-order valence-corrected chi connectivity index (χ1v) is 7.89. The van der Waals surface area contributed by atoms with E-state index < -0.39 is 6.10 Å². The van der Waals surface area contributed by atoms with Crippen LogP contribution in [-0.2, 0) is 14.9 Å². The van der Waals surface area contributed by atoms with Crippen LogP contribution in [0, 0.1) is 6.92 Å². The maximum Gasteiger partial charge on any atom is 0.303 e. The summed E-state index contributed by atoms with van der Waals surface area (Å²) in [5, 5.41) is 0. The van der Waals surface area contributed by atoms with Gasteiger partial charge in [-0.15, -0.1) is 0 Å². The van der Waals surface area contributed by atoms with E-state index in [2.05, 4.69) is 25.8 Å². The Morgan fingerprint density at radius 3 is 2.25 bits per heavy atom. The quantitative estimate of drug-likeness (QED) is 0.800. The highest BCUT2D eigenvalue weighted by Gasteiger charge is 2.28. The van der Waals surface area contributed by atoms with E-state index in [0.717, 1.165) is 17.0 Å². The first-order valence-electron chi connectivity index (χ1n) is 7.89. The third-order valence-electron chi connectivity index (χ3n) is 3.59. The number of aryl methyl sites for hydroxylation is 1. The van der Waals surface area contributed by atoms with Crippen LogP contribution in [0.1, 0.15) is 56.6 Å².